The first-order chi connectivity index (χ1) is 9.08. The van der Waals surface area contributed by atoms with Crippen LogP contribution in [0.3, 0.4) is 0 Å². The number of alkyl halides is 2. The van der Waals surface area contributed by atoms with Crippen LogP contribution in [0.25, 0.3) is 0 Å². The maximum atomic E-state index is 12.9. The second-order valence-electron chi connectivity index (χ2n) is 4.50. The average Bonchev–Trinajstić information content (AvgIpc) is 2.89. The Bertz CT molecular complexity index is 462. The highest BCUT2D eigenvalue weighted by molar-refractivity contribution is 5.56. The van der Waals surface area contributed by atoms with E-state index < -0.39 is 11.3 Å². The van der Waals surface area contributed by atoms with E-state index in [9.17, 15) is 18.9 Å². The Labute approximate surface area is 109 Å². The molecule has 1 aromatic carbocycles. The van der Waals surface area contributed by atoms with Crippen LogP contribution in [0.4, 0.5) is 20.2 Å². The Morgan fingerprint density at radius 3 is 2.89 bits per heavy atom. The highest BCUT2D eigenvalue weighted by Crippen LogP contribution is 2.30. The van der Waals surface area contributed by atoms with Gasteiger partial charge in [0.25, 0.3) is 12.1 Å². The van der Waals surface area contributed by atoms with Crippen molar-refractivity contribution in [3.05, 3.63) is 33.9 Å². The van der Waals surface area contributed by atoms with Crippen LogP contribution in [0.1, 0.15) is 24.8 Å². The van der Waals surface area contributed by atoms with Gasteiger partial charge in [-0.3, -0.25) is 10.1 Å². The van der Waals surface area contributed by atoms with E-state index in [1.165, 1.54) is 12.1 Å². The Morgan fingerprint density at radius 2 is 2.32 bits per heavy atom. The SMILES string of the molecule is O=[N+]([O-])c1ccc(NCC2CCCN2)c(C(F)F)c1. The summed E-state index contributed by atoms with van der Waals surface area (Å²) in [5.74, 6) is 0. The van der Waals surface area contributed by atoms with E-state index in [-0.39, 0.29) is 23.0 Å². The average molecular weight is 271 g/mol. The smallest absolute Gasteiger partial charge is 0.270 e. The van der Waals surface area contributed by atoms with Crippen molar-refractivity contribution in [2.45, 2.75) is 25.3 Å². The van der Waals surface area contributed by atoms with Gasteiger partial charge in [0, 0.05) is 36.0 Å². The van der Waals surface area contributed by atoms with Crippen molar-refractivity contribution in [3.8, 4) is 0 Å². The zero-order chi connectivity index (χ0) is 13.8. The topological polar surface area (TPSA) is 67.2 Å². The molecule has 1 heterocycles. The lowest BCUT2D eigenvalue weighted by Gasteiger charge is -2.15. The molecule has 7 heteroatoms. The molecule has 0 radical (unpaired) electrons. The van der Waals surface area contributed by atoms with Crippen LogP contribution in [0.15, 0.2) is 18.2 Å². The lowest BCUT2D eigenvalue weighted by molar-refractivity contribution is -0.385. The molecule has 1 fully saturated rings. The third-order valence-corrected chi connectivity index (χ3v) is 3.18. The van der Waals surface area contributed by atoms with Gasteiger partial charge in [-0.05, 0) is 25.5 Å². The number of hydrogen-bond donors (Lipinski definition) is 2. The third-order valence-electron chi connectivity index (χ3n) is 3.18. The fourth-order valence-electron chi connectivity index (χ4n) is 2.17. The lowest BCUT2D eigenvalue weighted by atomic mass is 10.1. The van der Waals surface area contributed by atoms with E-state index in [0.717, 1.165) is 25.5 Å². The molecule has 1 aliphatic heterocycles. The first-order valence-electron chi connectivity index (χ1n) is 6.11. The molecule has 5 nitrogen and oxygen atoms in total. The van der Waals surface area contributed by atoms with Gasteiger partial charge < -0.3 is 10.6 Å². The number of anilines is 1. The highest BCUT2D eigenvalue weighted by atomic mass is 19.3. The second kappa shape index (κ2) is 5.92. The molecule has 19 heavy (non-hydrogen) atoms. The highest BCUT2D eigenvalue weighted by Gasteiger charge is 2.19. The minimum Gasteiger partial charge on any atom is -0.383 e. The van der Waals surface area contributed by atoms with Crippen LogP contribution in [0.5, 0.6) is 0 Å². The molecule has 0 spiro atoms. The van der Waals surface area contributed by atoms with Crippen LogP contribution in [0, 0.1) is 10.1 Å². The minimum absolute atomic E-state index is 0.259. The Kier molecular flexibility index (Phi) is 4.26. The molecule has 104 valence electrons. The molecule has 2 rings (SSSR count). The summed E-state index contributed by atoms with van der Waals surface area (Å²) in [5.41, 5.74) is -0.388. The van der Waals surface area contributed by atoms with Gasteiger partial charge in [0.05, 0.1) is 4.92 Å². The molecular weight excluding hydrogens is 256 g/mol. The standard InChI is InChI=1S/C12H15F2N3O2/c13-12(14)10-6-9(17(18)19)3-4-11(10)16-7-8-2-1-5-15-8/h3-4,6,8,12,15-16H,1-2,5,7H2. The summed E-state index contributed by atoms with van der Waals surface area (Å²) in [5, 5.41) is 16.8. The zero-order valence-electron chi connectivity index (χ0n) is 10.2. The molecule has 0 aliphatic carbocycles. The van der Waals surface area contributed by atoms with E-state index in [1.807, 2.05) is 0 Å². The van der Waals surface area contributed by atoms with E-state index in [2.05, 4.69) is 10.6 Å². The van der Waals surface area contributed by atoms with E-state index >= 15 is 0 Å². The number of nitrogens with zero attached hydrogens (tertiary/aromatic N) is 1. The molecular formula is C12H15F2N3O2. The van der Waals surface area contributed by atoms with E-state index in [4.69, 9.17) is 0 Å². The molecule has 0 amide bonds. The summed E-state index contributed by atoms with van der Waals surface area (Å²) in [6.45, 7) is 1.48. The predicted molar refractivity (Wildman–Crippen MR) is 67.6 cm³/mol. The zero-order valence-corrected chi connectivity index (χ0v) is 10.2. The van der Waals surface area contributed by atoms with Gasteiger partial charge in [-0.2, -0.15) is 0 Å². The number of halogens is 2. The first-order valence-corrected chi connectivity index (χ1v) is 6.11. The van der Waals surface area contributed by atoms with Crippen LogP contribution >= 0.6 is 0 Å². The molecule has 1 atom stereocenters. The van der Waals surface area contributed by atoms with Crippen molar-refractivity contribution in [2.24, 2.45) is 0 Å². The van der Waals surface area contributed by atoms with Gasteiger partial charge >= 0.3 is 0 Å². The number of benzene rings is 1. The van der Waals surface area contributed by atoms with Gasteiger partial charge in [0.15, 0.2) is 0 Å². The summed E-state index contributed by atoms with van der Waals surface area (Å²) in [7, 11) is 0. The van der Waals surface area contributed by atoms with Crippen LogP contribution in [0.2, 0.25) is 0 Å². The first kappa shape index (κ1) is 13.7. The number of nitrogens with one attached hydrogen (secondary N) is 2. The lowest BCUT2D eigenvalue weighted by Crippen LogP contribution is -2.29. The summed E-state index contributed by atoms with van der Waals surface area (Å²) >= 11 is 0. The Balaban J connectivity index is 2.11. The summed E-state index contributed by atoms with van der Waals surface area (Å²) in [6, 6.07) is 3.76. The molecule has 1 aromatic rings. The number of non-ortho nitro benzene ring substituents is 1. The molecule has 2 N–H and O–H groups in total. The number of rotatable bonds is 5. The van der Waals surface area contributed by atoms with Crippen molar-refractivity contribution in [3.63, 3.8) is 0 Å². The molecule has 0 bridgehead atoms. The van der Waals surface area contributed by atoms with E-state index in [1.54, 1.807) is 0 Å². The van der Waals surface area contributed by atoms with Crippen molar-refractivity contribution in [2.75, 3.05) is 18.4 Å². The largest absolute Gasteiger partial charge is 0.383 e. The van der Waals surface area contributed by atoms with Crippen LogP contribution in [-0.2, 0) is 0 Å². The number of hydrogen-bond acceptors (Lipinski definition) is 4. The molecule has 0 aromatic heterocycles. The minimum atomic E-state index is -2.74. The number of nitro groups is 1. The van der Waals surface area contributed by atoms with Gasteiger partial charge in [0.2, 0.25) is 0 Å². The summed E-state index contributed by atoms with van der Waals surface area (Å²) in [4.78, 5) is 9.91. The van der Waals surface area contributed by atoms with Crippen molar-refractivity contribution in [1.82, 2.24) is 5.32 Å². The van der Waals surface area contributed by atoms with Gasteiger partial charge in [-0.25, -0.2) is 8.78 Å². The van der Waals surface area contributed by atoms with E-state index in [0.29, 0.717) is 6.54 Å². The third kappa shape index (κ3) is 3.37. The monoisotopic (exact) mass is 271 g/mol. The quantitative estimate of drug-likeness (QED) is 0.638. The van der Waals surface area contributed by atoms with Gasteiger partial charge in [-0.1, -0.05) is 0 Å². The maximum absolute atomic E-state index is 12.9. The Hall–Kier alpha value is -1.76. The number of nitro benzene ring substituents is 1. The van der Waals surface area contributed by atoms with Crippen LogP contribution < -0.4 is 10.6 Å². The molecule has 0 saturated carbocycles. The fraction of sp³-hybridized carbons (Fsp3) is 0.500. The molecule has 1 unspecified atom stereocenters. The molecule has 1 saturated heterocycles. The second-order valence-corrected chi connectivity index (χ2v) is 4.50. The molecule has 1 aliphatic rings. The van der Waals surface area contributed by atoms with Gasteiger partial charge in [-0.15, -0.1) is 0 Å². The maximum Gasteiger partial charge on any atom is 0.270 e. The fourth-order valence-corrected chi connectivity index (χ4v) is 2.17. The predicted octanol–water partition coefficient (Wildman–Crippen LogP) is 2.70. The van der Waals surface area contributed by atoms with Gasteiger partial charge in [0.1, 0.15) is 0 Å². The van der Waals surface area contributed by atoms with Crippen molar-refractivity contribution >= 4 is 11.4 Å². The Morgan fingerprint density at radius 1 is 1.53 bits per heavy atom. The summed E-state index contributed by atoms with van der Waals surface area (Å²) in [6.07, 6.45) is -0.655. The van der Waals surface area contributed by atoms with Crippen molar-refractivity contribution < 1.29 is 13.7 Å². The van der Waals surface area contributed by atoms with Crippen LogP contribution in [-0.4, -0.2) is 24.1 Å². The van der Waals surface area contributed by atoms with Crippen molar-refractivity contribution in [1.29, 1.82) is 0 Å². The normalized spacial score (nSPS) is 18.8. The summed E-state index contributed by atoms with van der Waals surface area (Å²) < 4.78 is 25.8.